The minimum Gasteiger partial charge on any atom is -0.356 e. The van der Waals surface area contributed by atoms with Gasteiger partial charge in [0, 0.05) is 19.3 Å². The number of hydrogen-bond donors (Lipinski definition) is 0. The van der Waals surface area contributed by atoms with Crippen molar-refractivity contribution in [3.05, 3.63) is 23.9 Å². The second kappa shape index (κ2) is 5.62. The zero-order valence-corrected chi connectivity index (χ0v) is 8.64. The van der Waals surface area contributed by atoms with Crippen LogP contribution in [0.1, 0.15) is 18.9 Å². The fourth-order valence-electron chi connectivity index (χ4n) is 1.28. The Balaban J connectivity index is 2.83. The first-order valence-electron chi connectivity index (χ1n) is 4.80. The van der Waals surface area contributed by atoms with E-state index in [1.54, 1.807) is 18.3 Å². The van der Waals surface area contributed by atoms with Gasteiger partial charge in [-0.1, -0.05) is 0 Å². The van der Waals surface area contributed by atoms with Crippen LogP contribution in [0.4, 0.5) is 5.82 Å². The monoisotopic (exact) mass is 200 g/mol. The molecule has 0 aliphatic heterocycles. The van der Waals surface area contributed by atoms with Crippen LogP contribution >= 0.6 is 0 Å². The molecule has 0 aromatic carbocycles. The third-order valence-corrected chi connectivity index (χ3v) is 2.07. The minimum atomic E-state index is 0.465. The number of rotatable bonds is 4. The number of hydrogen-bond acceptors (Lipinski definition) is 4. The van der Waals surface area contributed by atoms with E-state index in [1.807, 2.05) is 11.8 Å². The molecule has 0 spiro atoms. The van der Waals surface area contributed by atoms with E-state index in [9.17, 15) is 0 Å². The molecule has 0 fully saturated rings. The van der Waals surface area contributed by atoms with E-state index in [4.69, 9.17) is 10.5 Å². The van der Waals surface area contributed by atoms with Gasteiger partial charge in [0.2, 0.25) is 0 Å². The van der Waals surface area contributed by atoms with Gasteiger partial charge in [0.1, 0.15) is 5.82 Å². The largest absolute Gasteiger partial charge is 0.356 e. The highest BCUT2D eigenvalue weighted by Crippen LogP contribution is 2.11. The number of nitrogens with zero attached hydrogens (tertiary/aromatic N) is 4. The van der Waals surface area contributed by atoms with Crippen LogP contribution in [-0.2, 0) is 0 Å². The van der Waals surface area contributed by atoms with E-state index >= 15 is 0 Å². The predicted molar refractivity (Wildman–Crippen MR) is 57.1 cm³/mol. The minimum absolute atomic E-state index is 0.465. The maximum Gasteiger partial charge on any atom is 0.129 e. The Morgan fingerprint density at radius 3 is 2.87 bits per heavy atom. The van der Waals surface area contributed by atoms with Gasteiger partial charge in [-0.2, -0.15) is 10.5 Å². The molecule has 1 rings (SSSR count). The number of aromatic nitrogens is 1. The maximum atomic E-state index is 8.74. The van der Waals surface area contributed by atoms with Crippen LogP contribution < -0.4 is 4.90 Å². The van der Waals surface area contributed by atoms with Crippen molar-refractivity contribution in [1.29, 1.82) is 10.5 Å². The molecule has 0 aliphatic rings. The molecular formula is C11H12N4. The smallest absolute Gasteiger partial charge is 0.129 e. The second-order valence-corrected chi connectivity index (χ2v) is 3.00. The van der Waals surface area contributed by atoms with E-state index in [1.165, 1.54) is 0 Å². The number of anilines is 1. The summed E-state index contributed by atoms with van der Waals surface area (Å²) in [6, 6.07) is 7.57. The quantitative estimate of drug-likeness (QED) is 0.742. The molecule has 0 saturated carbocycles. The summed E-state index contributed by atoms with van der Waals surface area (Å²) in [7, 11) is 0. The third-order valence-electron chi connectivity index (χ3n) is 2.07. The number of nitriles is 2. The molecule has 1 heterocycles. The summed E-state index contributed by atoms with van der Waals surface area (Å²) in [6.07, 6.45) is 2.08. The topological polar surface area (TPSA) is 63.7 Å². The van der Waals surface area contributed by atoms with Gasteiger partial charge < -0.3 is 4.90 Å². The SMILES string of the molecule is CCN(CCC#N)c1cc(C#N)ccn1. The maximum absolute atomic E-state index is 8.74. The predicted octanol–water partition coefficient (Wildman–Crippen LogP) is 1.69. The first-order chi connectivity index (χ1) is 7.31. The van der Waals surface area contributed by atoms with E-state index in [-0.39, 0.29) is 0 Å². The molecule has 0 bridgehead atoms. The van der Waals surface area contributed by atoms with Crippen molar-refractivity contribution in [2.45, 2.75) is 13.3 Å². The summed E-state index contributed by atoms with van der Waals surface area (Å²) in [4.78, 5) is 6.15. The molecule has 0 saturated heterocycles. The molecule has 76 valence electrons. The molecule has 0 atom stereocenters. The van der Waals surface area contributed by atoms with Crippen molar-refractivity contribution in [3.8, 4) is 12.1 Å². The lowest BCUT2D eigenvalue weighted by atomic mass is 10.2. The lowest BCUT2D eigenvalue weighted by Gasteiger charge is -2.20. The summed E-state index contributed by atoms with van der Waals surface area (Å²) in [5.41, 5.74) is 0.593. The van der Waals surface area contributed by atoms with E-state index in [0.717, 1.165) is 12.4 Å². The molecule has 15 heavy (non-hydrogen) atoms. The van der Waals surface area contributed by atoms with E-state index < -0.39 is 0 Å². The van der Waals surface area contributed by atoms with Gasteiger partial charge in [0.25, 0.3) is 0 Å². The molecular weight excluding hydrogens is 188 g/mol. The fourth-order valence-corrected chi connectivity index (χ4v) is 1.28. The Bertz CT molecular complexity index is 400. The van der Waals surface area contributed by atoms with Crippen LogP contribution in [0.5, 0.6) is 0 Å². The Kier molecular flexibility index (Phi) is 4.12. The fraction of sp³-hybridized carbons (Fsp3) is 0.364. The summed E-state index contributed by atoms with van der Waals surface area (Å²) in [5, 5.41) is 17.3. The molecule has 4 nitrogen and oxygen atoms in total. The average molecular weight is 200 g/mol. The van der Waals surface area contributed by atoms with Gasteiger partial charge in [-0.3, -0.25) is 0 Å². The molecule has 0 radical (unpaired) electrons. The average Bonchev–Trinajstić information content (AvgIpc) is 2.30. The van der Waals surface area contributed by atoms with Crippen LogP contribution in [0.2, 0.25) is 0 Å². The van der Waals surface area contributed by atoms with Crippen molar-refractivity contribution >= 4 is 5.82 Å². The van der Waals surface area contributed by atoms with Crippen molar-refractivity contribution in [2.24, 2.45) is 0 Å². The zero-order chi connectivity index (χ0) is 11.1. The molecule has 4 heteroatoms. The Labute approximate surface area is 89.4 Å². The molecule has 0 aliphatic carbocycles. The van der Waals surface area contributed by atoms with E-state index in [0.29, 0.717) is 18.5 Å². The van der Waals surface area contributed by atoms with Crippen molar-refractivity contribution in [1.82, 2.24) is 4.98 Å². The highest BCUT2D eigenvalue weighted by molar-refractivity contribution is 5.44. The molecule has 0 amide bonds. The van der Waals surface area contributed by atoms with Crippen LogP contribution in [0.25, 0.3) is 0 Å². The molecule has 1 aromatic rings. The van der Waals surface area contributed by atoms with Gasteiger partial charge in [0.05, 0.1) is 24.1 Å². The lowest BCUT2D eigenvalue weighted by Crippen LogP contribution is -2.24. The lowest BCUT2D eigenvalue weighted by molar-refractivity contribution is 0.810. The highest BCUT2D eigenvalue weighted by atomic mass is 15.2. The summed E-state index contributed by atoms with van der Waals surface area (Å²) in [5.74, 6) is 0.756. The molecule has 1 aromatic heterocycles. The van der Waals surface area contributed by atoms with Gasteiger partial charge in [0.15, 0.2) is 0 Å². The zero-order valence-electron chi connectivity index (χ0n) is 8.64. The van der Waals surface area contributed by atoms with Crippen molar-refractivity contribution < 1.29 is 0 Å². The van der Waals surface area contributed by atoms with Gasteiger partial charge >= 0.3 is 0 Å². The Hall–Kier alpha value is -2.07. The van der Waals surface area contributed by atoms with Crippen LogP contribution in [0.15, 0.2) is 18.3 Å². The summed E-state index contributed by atoms with van der Waals surface area (Å²) < 4.78 is 0. The first kappa shape index (κ1) is 11.0. The third kappa shape index (κ3) is 2.96. The highest BCUT2D eigenvalue weighted by Gasteiger charge is 2.05. The normalized spacial score (nSPS) is 9.00. The van der Waals surface area contributed by atoms with Gasteiger partial charge in [-0.25, -0.2) is 4.98 Å². The van der Waals surface area contributed by atoms with Gasteiger partial charge in [-0.05, 0) is 19.1 Å². The summed E-state index contributed by atoms with van der Waals surface area (Å²) in [6.45, 7) is 3.43. The molecule has 0 unspecified atom stereocenters. The molecule has 0 N–H and O–H groups in total. The van der Waals surface area contributed by atoms with Crippen molar-refractivity contribution in [2.75, 3.05) is 18.0 Å². The Morgan fingerprint density at radius 1 is 1.47 bits per heavy atom. The van der Waals surface area contributed by atoms with Crippen LogP contribution in [0.3, 0.4) is 0 Å². The number of pyridine rings is 1. The van der Waals surface area contributed by atoms with Crippen LogP contribution in [-0.4, -0.2) is 18.1 Å². The van der Waals surface area contributed by atoms with E-state index in [2.05, 4.69) is 17.1 Å². The standard InChI is InChI=1S/C11H12N4/c1-2-15(7-3-5-12)11-8-10(9-13)4-6-14-11/h4,6,8H,2-3,7H2,1H3. The summed E-state index contributed by atoms with van der Waals surface area (Å²) >= 11 is 0. The Morgan fingerprint density at radius 2 is 2.27 bits per heavy atom. The second-order valence-electron chi connectivity index (χ2n) is 3.00. The van der Waals surface area contributed by atoms with Gasteiger partial charge in [-0.15, -0.1) is 0 Å². The van der Waals surface area contributed by atoms with Crippen molar-refractivity contribution in [3.63, 3.8) is 0 Å². The first-order valence-corrected chi connectivity index (χ1v) is 4.80. The van der Waals surface area contributed by atoms with Crippen LogP contribution in [0, 0.1) is 22.7 Å².